The van der Waals surface area contributed by atoms with Crippen LogP contribution in [0.4, 0.5) is 0 Å². The fourth-order valence-corrected chi connectivity index (χ4v) is 2.08. The van der Waals surface area contributed by atoms with Crippen molar-refractivity contribution in [2.45, 2.75) is 24.8 Å². The Bertz CT molecular complexity index is 290. The molecule has 0 bridgehead atoms. The van der Waals surface area contributed by atoms with Gasteiger partial charge >= 0.3 is 0 Å². The summed E-state index contributed by atoms with van der Waals surface area (Å²) < 4.78 is 0. The summed E-state index contributed by atoms with van der Waals surface area (Å²) in [5.41, 5.74) is 7.96. The van der Waals surface area contributed by atoms with E-state index in [1.165, 1.54) is 16.0 Å². The van der Waals surface area contributed by atoms with Gasteiger partial charge < -0.3 is 5.73 Å². The number of allylic oxidation sites excluding steroid dienone is 1. The van der Waals surface area contributed by atoms with Gasteiger partial charge in [-0.05, 0) is 31.0 Å². The molecule has 0 saturated heterocycles. The molecule has 14 heavy (non-hydrogen) atoms. The summed E-state index contributed by atoms with van der Waals surface area (Å²) in [7, 11) is 0. The smallest absolute Gasteiger partial charge is 0.0178 e. The lowest BCUT2D eigenvalue weighted by atomic mass is 10.2. The molecule has 0 aliphatic rings. The molecule has 0 unspecified atom stereocenters. The van der Waals surface area contributed by atoms with E-state index in [4.69, 9.17) is 5.73 Å². The lowest BCUT2D eigenvalue weighted by Crippen LogP contribution is -1.95. The number of thioether (sulfide) groups is 1. The Morgan fingerprint density at radius 1 is 1.36 bits per heavy atom. The predicted octanol–water partition coefficient (Wildman–Crippen LogP) is 3.20. The van der Waals surface area contributed by atoms with Crippen molar-refractivity contribution in [3.05, 3.63) is 42.0 Å². The second kappa shape index (κ2) is 5.89. The molecule has 2 N–H and O–H groups in total. The van der Waals surface area contributed by atoms with E-state index >= 15 is 0 Å². The summed E-state index contributed by atoms with van der Waals surface area (Å²) in [6.07, 6.45) is 1.09. The largest absolute Gasteiger partial charge is 0.326 e. The van der Waals surface area contributed by atoms with E-state index in [0.29, 0.717) is 6.54 Å². The van der Waals surface area contributed by atoms with Crippen molar-refractivity contribution in [2.24, 2.45) is 5.73 Å². The normalized spacial score (nSPS) is 10.1. The third-order valence-electron chi connectivity index (χ3n) is 1.96. The summed E-state index contributed by atoms with van der Waals surface area (Å²) in [4.78, 5) is 1.31. The Labute approximate surface area is 90.4 Å². The SMILES string of the molecule is C=C(C)CCSc1ccc(CN)cc1. The van der Waals surface area contributed by atoms with Gasteiger partial charge in [0.05, 0.1) is 0 Å². The van der Waals surface area contributed by atoms with E-state index in [1.54, 1.807) is 0 Å². The molecule has 76 valence electrons. The first-order chi connectivity index (χ1) is 6.72. The predicted molar refractivity (Wildman–Crippen MR) is 64.5 cm³/mol. The summed E-state index contributed by atoms with van der Waals surface area (Å²) in [5.74, 6) is 1.11. The van der Waals surface area contributed by atoms with E-state index in [9.17, 15) is 0 Å². The van der Waals surface area contributed by atoms with Crippen LogP contribution < -0.4 is 5.73 Å². The van der Waals surface area contributed by atoms with Crippen LogP contribution in [0.15, 0.2) is 41.3 Å². The molecule has 0 amide bonds. The number of benzene rings is 1. The van der Waals surface area contributed by atoms with Gasteiger partial charge in [0.1, 0.15) is 0 Å². The molecule has 0 fully saturated rings. The van der Waals surface area contributed by atoms with Crippen molar-refractivity contribution >= 4 is 11.8 Å². The van der Waals surface area contributed by atoms with Crippen LogP contribution in [0.3, 0.4) is 0 Å². The quantitative estimate of drug-likeness (QED) is 0.592. The molecule has 0 aliphatic carbocycles. The summed E-state index contributed by atoms with van der Waals surface area (Å²) in [5, 5.41) is 0. The van der Waals surface area contributed by atoms with Gasteiger partial charge in [-0.25, -0.2) is 0 Å². The van der Waals surface area contributed by atoms with E-state index in [2.05, 4.69) is 37.8 Å². The first kappa shape index (κ1) is 11.3. The van der Waals surface area contributed by atoms with Crippen molar-refractivity contribution in [3.8, 4) is 0 Å². The average Bonchev–Trinajstić information content (AvgIpc) is 2.18. The molecule has 0 radical (unpaired) electrons. The standard InChI is InChI=1S/C12H17NS/c1-10(2)7-8-14-12-5-3-11(9-13)4-6-12/h3-6H,1,7-9,13H2,2H3. The van der Waals surface area contributed by atoms with Gasteiger partial charge in [0.2, 0.25) is 0 Å². The van der Waals surface area contributed by atoms with E-state index in [-0.39, 0.29) is 0 Å². The minimum absolute atomic E-state index is 0.622. The fraction of sp³-hybridized carbons (Fsp3) is 0.333. The molecular weight excluding hydrogens is 190 g/mol. The van der Waals surface area contributed by atoms with E-state index < -0.39 is 0 Å². The molecule has 0 aliphatic heterocycles. The third-order valence-corrected chi connectivity index (χ3v) is 2.97. The maximum atomic E-state index is 5.52. The Morgan fingerprint density at radius 3 is 2.50 bits per heavy atom. The first-order valence-corrected chi connectivity index (χ1v) is 5.77. The lowest BCUT2D eigenvalue weighted by molar-refractivity contribution is 1.06. The molecule has 1 aromatic rings. The molecule has 2 heteroatoms. The number of nitrogens with two attached hydrogens (primary N) is 1. The van der Waals surface area contributed by atoms with Gasteiger partial charge in [-0.3, -0.25) is 0 Å². The minimum Gasteiger partial charge on any atom is -0.326 e. The van der Waals surface area contributed by atoms with Crippen LogP contribution in [-0.4, -0.2) is 5.75 Å². The zero-order chi connectivity index (χ0) is 10.4. The minimum atomic E-state index is 0.622. The van der Waals surface area contributed by atoms with Gasteiger partial charge in [-0.2, -0.15) is 0 Å². The number of hydrogen-bond acceptors (Lipinski definition) is 2. The van der Waals surface area contributed by atoms with Crippen LogP contribution in [0.2, 0.25) is 0 Å². The Hall–Kier alpha value is -0.730. The second-order valence-electron chi connectivity index (χ2n) is 3.40. The van der Waals surface area contributed by atoms with Crippen LogP contribution in [0.1, 0.15) is 18.9 Å². The van der Waals surface area contributed by atoms with Crippen molar-refractivity contribution < 1.29 is 0 Å². The van der Waals surface area contributed by atoms with Crippen LogP contribution in [0, 0.1) is 0 Å². The lowest BCUT2D eigenvalue weighted by Gasteiger charge is -2.02. The molecule has 0 heterocycles. The number of hydrogen-bond donors (Lipinski definition) is 1. The van der Waals surface area contributed by atoms with Crippen LogP contribution in [0.5, 0.6) is 0 Å². The Kier molecular flexibility index (Phi) is 4.77. The monoisotopic (exact) mass is 207 g/mol. The van der Waals surface area contributed by atoms with E-state index in [0.717, 1.165) is 12.2 Å². The van der Waals surface area contributed by atoms with Gasteiger partial charge in [0.25, 0.3) is 0 Å². The third kappa shape index (κ3) is 3.99. The maximum absolute atomic E-state index is 5.52. The number of rotatable bonds is 5. The topological polar surface area (TPSA) is 26.0 Å². The molecule has 1 nitrogen and oxygen atoms in total. The highest BCUT2D eigenvalue weighted by Gasteiger charge is 1.94. The van der Waals surface area contributed by atoms with Gasteiger partial charge in [-0.1, -0.05) is 17.7 Å². The molecular formula is C12H17NS. The van der Waals surface area contributed by atoms with Gasteiger partial charge in [-0.15, -0.1) is 18.3 Å². The highest BCUT2D eigenvalue weighted by atomic mass is 32.2. The van der Waals surface area contributed by atoms with Crippen LogP contribution in [0.25, 0.3) is 0 Å². The zero-order valence-electron chi connectivity index (χ0n) is 8.62. The highest BCUT2D eigenvalue weighted by Crippen LogP contribution is 2.20. The van der Waals surface area contributed by atoms with Crippen molar-refractivity contribution in [1.29, 1.82) is 0 Å². The zero-order valence-corrected chi connectivity index (χ0v) is 9.44. The molecule has 0 atom stereocenters. The maximum Gasteiger partial charge on any atom is 0.0178 e. The summed E-state index contributed by atoms with van der Waals surface area (Å²) >= 11 is 1.87. The Morgan fingerprint density at radius 2 is 2.00 bits per heavy atom. The van der Waals surface area contributed by atoms with Gasteiger partial charge in [0, 0.05) is 17.2 Å². The molecule has 0 saturated carbocycles. The van der Waals surface area contributed by atoms with Crippen molar-refractivity contribution in [3.63, 3.8) is 0 Å². The highest BCUT2D eigenvalue weighted by molar-refractivity contribution is 7.99. The second-order valence-corrected chi connectivity index (χ2v) is 4.57. The molecule has 0 spiro atoms. The first-order valence-electron chi connectivity index (χ1n) is 4.78. The fourth-order valence-electron chi connectivity index (χ4n) is 1.06. The summed E-state index contributed by atoms with van der Waals surface area (Å²) in [6.45, 7) is 6.57. The van der Waals surface area contributed by atoms with Crippen LogP contribution >= 0.6 is 11.8 Å². The van der Waals surface area contributed by atoms with E-state index in [1.807, 2.05) is 11.8 Å². The Balaban J connectivity index is 2.40. The average molecular weight is 207 g/mol. The van der Waals surface area contributed by atoms with Crippen molar-refractivity contribution in [2.75, 3.05) is 5.75 Å². The molecule has 0 aromatic heterocycles. The molecule has 1 aromatic carbocycles. The van der Waals surface area contributed by atoms with Gasteiger partial charge in [0.15, 0.2) is 0 Å². The van der Waals surface area contributed by atoms with Crippen LogP contribution in [-0.2, 0) is 6.54 Å². The molecule has 1 rings (SSSR count). The van der Waals surface area contributed by atoms with Crippen molar-refractivity contribution in [1.82, 2.24) is 0 Å². The summed E-state index contributed by atoms with van der Waals surface area (Å²) in [6, 6.07) is 8.43.